The van der Waals surface area contributed by atoms with Gasteiger partial charge >= 0.3 is 12.3 Å². The summed E-state index contributed by atoms with van der Waals surface area (Å²) in [4.78, 5) is 60.2. The number of para-hydroxylation sites is 1. The number of rotatable bonds is 8. The lowest BCUT2D eigenvalue weighted by Crippen LogP contribution is -2.46. The van der Waals surface area contributed by atoms with Crippen LogP contribution < -0.4 is 5.32 Å². The van der Waals surface area contributed by atoms with Crippen molar-refractivity contribution in [1.82, 2.24) is 9.80 Å². The summed E-state index contributed by atoms with van der Waals surface area (Å²) in [6.07, 6.45) is 2.11. The molecule has 38 heavy (non-hydrogen) atoms. The molecular formula is C29H36N4O5. The van der Waals surface area contributed by atoms with Crippen LogP contribution in [-0.4, -0.2) is 65.4 Å². The smallest absolute Gasteiger partial charge is 0.410 e. The third-order valence-corrected chi connectivity index (χ3v) is 8.34. The molecule has 9 nitrogen and oxygen atoms in total. The molecule has 202 valence electrons. The molecule has 4 atom stereocenters. The molecule has 1 N–H and O–H groups in total. The van der Waals surface area contributed by atoms with Gasteiger partial charge in [-0.1, -0.05) is 51.8 Å². The molecule has 3 heterocycles. The Morgan fingerprint density at radius 1 is 1.24 bits per heavy atom. The number of ketones is 1. The van der Waals surface area contributed by atoms with E-state index in [-0.39, 0.29) is 49.0 Å². The number of carbonyl (C=O) groups excluding carboxylic acids is 4. The summed E-state index contributed by atoms with van der Waals surface area (Å²) in [5.41, 5.74) is 0.319. The number of hydrogen-bond donors (Lipinski definition) is 1. The van der Waals surface area contributed by atoms with E-state index in [9.17, 15) is 19.2 Å². The zero-order chi connectivity index (χ0) is 27.2. The SMILES string of the molecule is [C-]#[N+][C@@H]1C[C@@]2(CN1C(=O)[C@@H](CC(=O)[C@H](CC1CC1)N1CCOC1=O)CC(C)(C)C)C(=O)Nc1ccccc12. The number of benzene rings is 1. The quantitative estimate of drug-likeness (QED) is 0.523. The largest absolute Gasteiger partial charge is 0.448 e. The number of amides is 3. The van der Waals surface area contributed by atoms with Crippen molar-refractivity contribution in [3.63, 3.8) is 0 Å². The van der Waals surface area contributed by atoms with Crippen LogP contribution in [0.25, 0.3) is 4.85 Å². The molecule has 1 spiro atoms. The van der Waals surface area contributed by atoms with Crippen molar-refractivity contribution in [3.8, 4) is 0 Å². The summed E-state index contributed by atoms with van der Waals surface area (Å²) in [5, 5.41) is 2.93. The Labute approximate surface area is 223 Å². The molecule has 1 aromatic rings. The summed E-state index contributed by atoms with van der Waals surface area (Å²) < 4.78 is 5.12. The molecule has 0 bridgehead atoms. The predicted octanol–water partition coefficient (Wildman–Crippen LogP) is 3.99. The molecule has 0 aromatic heterocycles. The first-order chi connectivity index (χ1) is 18.0. The average molecular weight is 521 g/mol. The summed E-state index contributed by atoms with van der Waals surface area (Å²) in [6, 6.07) is 6.84. The van der Waals surface area contributed by atoms with Crippen LogP contribution in [0.15, 0.2) is 24.3 Å². The lowest BCUT2D eigenvalue weighted by Gasteiger charge is -2.31. The highest BCUT2D eigenvalue weighted by atomic mass is 16.6. The van der Waals surface area contributed by atoms with E-state index in [1.54, 1.807) is 0 Å². The summed E-state index contributed by atoms with van der Waals surface area (Å²) >= 11 is 0. The van der Waals surface area contributed by atoms with E-state index < -0.39 is 29.6 Å². The van der Waals surface area contributed by atoms with Gasteiger partial charge in [0.1, 0.15) is 12.0 Å². The minimum absolute atomic E-state index is 0.00568. The second-order valence-electron chi connectivity index (χ2n) is 12.5. The van der Waals surface area contributed by atoms with Crippen LogP contribution in [0.1, 0.15) is 64.9 Å². The Morgan fingerprint density at radius 3 is 2.61 bits per heavy atom. The van der Waals surface area contributed by atoms with E-state index in [4.69, 9.17) is 11.3 Å². The number of ether oxygens (including phenoxy) is 1. The molecule has 2 saturated heterocycles. The first-order valence-corrected chi connectivity index (χ1v) is 13.6. The third-order valence-electron chi connectivity index (χ3n) is 8.34. The summed E-state index contributed by atoms with van der Waals surface area (Å²) in [7, 11) is 0. The van der Waals surface area contributed by atoms with Crippen LogP contribution in [0.2, 0.25) is 0 Å². The Bertz CT molecular complexity index is 1200. The van der Waals surface area contributed by atoms with Gasteiger partial charge in [-0.2, -0.15) is 0 Å². The van der Waals surface area contributed by atoms with Gasteiger partial charge in [-0.25, -0.2) is 11.4 Å². The Balaban J connectivity index is 1.40. The van der Waals surface area contributed by atoms with Gasteiger partial charge in [-0.05, 0) is 35.8 Å². The number of Topliss-reactive ketones (excluding diaryl/α,β-unsaturated/α-hetero) is 1. The number of nitrogens with zero attached hydrogens (tertiary/aromatic N) is 3. The molecule has 0 radical (unpaired) electrons. The molecule has 3 aliphatic heterocycles. The number of carbonyl (C=O) groups is 4. The maximum absolute atomic E-state index is 14.1. The Morgan fingerprint density at radius 2 is 1.97 bits per heavy atom. The predicted molar refractivity (Wildman–Crippen MR) is 140 cm³/mol. The zero-order valence-electron chi connectivity index (χ0n) is 22.4. The lowest BCUT2D eigenvalue weighted by molar-refractivity contribution is -0.140. The Kier molecular flexibility index (Phi) is 6.70. The summed E-state index contributed by atoms with van der Waals surface area (Å²) in [5.74, 6) is -0.821. The second kappa shape index (κ2) is 9.72. The van der Waals surface area contributed by atoms with Crippen molar-refractivity contribution in [2.24, 2.45) is 17.3 Å². The van der Waals surface area contributed by atoms with Gasteiger partial charge < -0.3 is 10.1 Å². The highest BCUT2D eigenvalue weighted by Crippen LogP contribution is 2.47. The molecule has 4 aliphatic rings. The van der Waals surface area contributed by atoms with Crippen molar-refractivity contribution < 1.29 is 23.9 Å². The molecular weight excluding hydrogens is 484 g/mol. The number of anilines is 1. The number of fused-ring (bicyclic) bond motifs is 2. The standard InChI is InChI=1S/C29H36N4O5/c1-28(2,3)15-19(14-23(34)22(13-18-9-10-18)32-11-12-38-27(32)37)25(35)33-17-29(16-24(33)30-4)20-7-5-6-8-21(20)31-26(29)36/h5-8,18-19,22,24H,9-17H2,1-3H3,(H,31,36)/t19-,22-,24-,29-/m0/s1. The number of likely N-dealkylation sites (tertiary alicyclic amines) is 1. The van der Waals surface area contributed by atoms with Crippen molar-refractivity contribution in [3.05, 3.63) is 41.2 Å². The highest BCUT2D eigenvalue weighted by Gasteiger charge is 2.59. The van der Waals surface area contributed by atoms with Gasteiger partial charge in [0.2, 0.25) is 11.8 Å². The van der Waals surface area contributed by atoms with Crippen LogP contribution >= 0.6 is 0 Å². The fraction of sp³-hybridized carbons (Fsp3) is 0.621. The van der Waals surface area contributed by atoms with Crippen molar-refractivity contribution in [2.45, 2.75) is 76.9 Å². The second-order valence-corrected chi connectivity index (χ2v) is 12.5. The van der Waals surface area contributed by atoms with Crippen molar-refractivity contribution in [1.29, 1.82) is 0 Å². The van der Waals surface area contributed by atoms with Gasteiger partial charge in [0, 0.05) is 24.6 Å². The molecule has 3 amide bonds. The maximum Gasteiger partial charge on any atom is 0.410 e. The first kappa shape index (κ1) is 26.2. The van der Waals surface area contributed by atoms with Crippen LogP contribution in [0, 0.1) is 23.8 Å². The van der Waals surface area contributed by atoms with Crippen molar-refractivity contribution in [2.75, 3.05) is 25.0 Å². The molecule has 1 aliphatic carbocycles. The van der Waals surface area contributed by atoms with E-state index in [0.717, 1.165) is 24.1 Å². The highest BCUT2D eigenvalue weighted by molar-refractivity contribution is 6.07. The van der Waals surface area contributed by atoms with E-state index in [1.165, 1.54) is 9.80 Å². The van der Waals surface area contributed by atoms with Crippen LogP contribution in [0.3, 0.4) is 0 Å². The minimum Gasteiger partial charge on any atom is -0.448 e. The molecule has 3 fully saturated rings. The normalized spacial score (nSPS) is 26.1. The number of hydrogen-bond acceptors (Lipinski definition) is 5. The fourth-order valence-corrected chi connectivity index (χ4v) is 6.35. The molecule has 1 saturated carbocycles. The number of cyclic esters (lactones) is 1. The van der Waals surface area contributed by atoms with Crippen molar-refractivity contribution >= 4 is 29.4 Å². The van der Waals surface area contributed by atoms with E-state index in [2.05, 4.69) is 10.2 Å². The van der Waals surface area contributed by atoms with Crippen LogP contribution in [0.4, 0.5) is 10.5 Å². The van der Waals surface area contributed by atoms with Gasteiger partial charge in [-0.3, -0.25) is 29.0 Å². The number of nitrogens with one attached hydrogen (secondary N) is 1. The zero-order valence-corrected chi connectivity index (χ0v) is 22.4. The topological polar surface area (TPSA) is 100 Å². The maximum atomic E-state index is 14.1. The molecule has 1 aromatic carbocycles. The molecule has 5 rings (SSSR count). The van der Waals surface area contributed by atoms with Crippen LogP contribution in [-0.2, 0) is 24.5 Å². The van der Waals surface area contributed by atoms with Gasteiger partial charge in [0.25, 0.3) is 0 Å². The van der Waals surface area contributed by atoms with Gasteiger partial charge in [0.05, 0.1) is 19.0 Å². The lowest BCUT2D eigenvalue weighted by atomic mass is 9.80. The van der Waals surface area contributed by atoms with E-state index >= 15 is 0 Å². The van der Waals surface area contributed by atoms with Gasteiger partial charge in [0.15, 0.2) is 5.78 Å². The first-order valence-electron chi connectivity index (χ1n) is 13.6. The molecule has 0 unspecified atom stereocenters. The average Bonchev–Trinajstić information content (AvgIpc) is 3.34. The minimum atomic E-state index is -0.967. The summed E-state index contributed by atoms with van der Waals surface area (Å²) in [6.45, 7) is 14.7. The Hall–Kier alpha value is -3.41. The van der Waals surface area contributed by atoms with E-state index in [0.29, 0.717) is 25.3 Å². The fourth-order valence-electron chi connectivity index (χ4n) is 6.35. The molecule has 9 heteroatoms. The monoisotopic (exact) mass is 520 g/mol. The van der Waals surface area contributed by atoms with E-state index in [1.807, 2.05) is 45.0 Å². The van der Waals surface area contributed by atoms with Gasteiger partial charge in [-0.15, -0.1) is 0 Å². The van der Waals surface area contributed by atoms with Crippen LogP contribution in [0.5, 0.6) is 0 Å². The third kappa shape index (κ3) is 4.89.